The lowest BCUT2D eigenvalue weighted by Crippen LogP contribution is -2.42. The Balaban J connectivity index is 1.70. The van der Waals surface area contributed by atoms with Gasteiger partial charge in [0.2, 0.25) is 11.9 Å². The first-order valence-corrected chi connectivity index (χ1v) is 9.64. The van der Waals surface area contributed by atoms with Crippen molar-refractivity contribution in [3.63, 3.8) is 0 Å². The zero-order chi connectivity index (χ0) is 22.3. The van der Waals surface area contributed by atoms with Gasteiger partial charge < -0.3 is 24.4 Å². The molecule has 164 valence electrons. The second-order valence-electron chi connectivity index (χ2n) is 7.39. The number of imidazole rings is 1. The Morgan fingerprint density at radius 1 is 1.39 bits per heavy atom. The van der Waals surface area contributed by atoms with E-state index in [0.717, 1.165) is 0 Å². The van der Waals surface area contributed by atoms with Gasteiger partial charge in [-0.3, -0.25) is 9.48 Å². The van der Waals surface area contributed by atoms with Crippen molar-refractivity contribution >= 4 is 34.5 Å². The van der Waals surface area contributed by atoms with Crippen LogP contribution in [0.2, 0.25) is 0 Å². The summed E-state index contributed by atoms with van der Waals surface area (Å²) >= 11 is 0. The largest absolute Gasteiger partial charge is 0.478 e. The van der Waals surface area contributed by atoms with E-state index in [1.54, 1.807) is 40.8 Å². The number of hydrogen-bond acceptors (Lipinski definition) is 8. The van der Waals surface area contributed by atoms with Crippen molar-refractivity contribution in [3.8, 4) is 5.88 Å². The number of fused-ring (bicyclic) bond motifs is 1. The molecule has 31 heavy (non-hydrogen) atoms. The van der Waals surface area contributed by atoms with Crippen LogP contribution in [0.3, 0.4) is 0 Å². The number of carbonyl (C=O) groups is 1. The average Bonchev–Trinajstić information content (AvgIpc) is 3.43. The summed E-state index contributed by atoms with van der Waals surface area (Å²) in [4.78, 5) is 28.6. The number of anilines is 3. The number of methoxy groups -OCH3 is 1. The zero-order valence-electron chi connectivity index (χ0n) is 17.8. The van der Waals surface area contributed by atoms with Crippen molar-refractivity contribution in [1.29, 1.82) is 0 Å². The van der Waals surface area contributed by atoms with Crippen LogP contribution in [-0.2, 0) is 18.9 Å². The monoisotopic (exact) mass is 429 g/mol. The molecular formula is C19H24FN9O2. The minimum absolute atomic E-state index is 0.0679. The molecule has 3 aromatic rings. The van der Waals surface area contributed by atoms with E-state index in [1.807, 2.05) is 7.05 Å². The molecule has 0 saturated carbocycles. The summed E-state index contributed by atoms with van der Waals surface area (Å²) in [5.74, 6) is 0.859. The molecule has 0 spiro atoms. The lowest BCUT2D eigenvalue weighted by Gasteiger charge is -2.24. The Kier molecular flexibility index (Phi) is 5.21. The second-order valence-corrected chi connectivity index (χ2v) is 7.39. The Hall–Kier alpha value is -3.70. The van der Waals surface area contributed by atoms with Gasteiger partial charge in [-0.2, -0.15) is 9.97 Å². The molecule has 4 rings (SSSR count). The molecule has 0 radical (unpaired) electrons. The van der Waals surface area contributed by atoms with E-state index in [1.165, 1.54) is 18.1 Å². The highest BCUT2D eigenvalue weighted by molar-refractivity contribution is 5.88. The van der Waals surface area contributed by atoms with Crippen LogP contribution in [0.4, 0.5) is 21.8 Å². The number of likely N-dealkylation sites (N-methyl/N-ethyl adjacent to an activating group) is 1. The van der Waals surface area contributed by atoms with Gasteiger partial charge in [-0.1, -0.05) is 6.58 Å². The van der Waals surface area contributed by atoms with Gasteiger partial charge in [0.15, 0.2) is 17.0 Å². The number of hydrogen-bond donors (Lipinski definition) is 1. The molecule has 1 amide bonds. The van der Waals surface area contributed by atoms with E-state index >= 15 is 0 Å². The summed E-state index contributed by atoms with van der Waals surface area (Å²) in [6.45, 7) is 3.80. The molecule has 0 bridgehead atoms. The summed E-state index contributed by atoms with van der Waals surface area (Å²) in [6, 6.07) is -0.619. The standard InChI is InChI=1S/C19H24FN9O2/c1-6-14(30)28(4)13-9-29(7-11(13)20)19-23-16(15-17(24-19)26(2)10-21-15)22-12-8-27(3)25-18(12)31-5/h6,8,10-11,13H,1,7,9H2,2-5H3,(H,22,23,24). The number of alkyl halides is 1. The minimum atomic E-state index is -1.24. The number of rotatable bonds is 6. The summed E-state index contributed by atoms with van der Waals surface area (Å²) in [7, 11) is 6.70. The number of aromatic nitrogens is 6. The number of carbonyl (C=O) groups excluding carboxylic acids is 1. The highest BCUT2D eigenvalue weighted by Gasteiger charge is 2.38. The summed E-state index contributed by atoms with van der Waals surface area (Å²) in [5.41, 5.74) is 1.76. The molecule has 1 saturated heterocycles. The molecule has 1 fully saturated rings. The van der Waals surface area contributed by atoms with Gasteiger partial charge in [0.25, 0.3) is 5.88 Å². The predicted molar refractivity (Wildman–Crippen MR) is 113 cm³/mol. The smallest absolute Gasteiger partial charge is 0.256 e. The van der Waals surface area contributed by atoms with Crippen molar-refractivity contribution in [2.45, 2.75) is 12.2 Å². The number of nitrogens with one attached hydrogen (secondary N) is 1. The first-order valence-electron chi connectivity index (χ1n) is 9.64. The minimum Gasteiger partial charge on any atom is -0.478 e. The van der Waals surface area contributed by atoms with E-state index in [2.05, 4.69) is 31.9 Å². The van der Waals surface area contributed by atoms with E-state index < -0.39 is 12.2 Å². The van der Waals surface area contributed by atoms with Crippen LogP contribution in [-0.4, -0.2) is 79.6 Å². The molecule has 1 N–H and O–H groups in total. The molecule has 11 nitrogen and oxygen atoms in total. The maximum Gasteiger partial charge on any atom is 0.256 e. The maximum atomic E-state index is 14.8. The normalized spacial score (nSPS) is 18.4. The van der Waals surface area contributed by atoms with Crippen molar-refractivity contribution in [1.82, 2.24) is 34.2 Å². The predicted octanol–water partition coefficient (Wildman–Crippen LogP) is 1.02. The lowest BCUT2D eigenvalue weighted by molar-refractivity contribution is -0.127. The van der Waals surface area contributed by atoms with Gasteiger partial charge in [-0.05, 0) is 6.08 Å². The van der Waals surface area contributed by atoms with Crippen LogP contribution in [0.25, 0.3) is 11.2 Å². The van der Waals surface area contributed by atoms with E-state index in [4.69, 9.17) is 4.74 Å². The molecule has 0 aromatic carbocycles. The SMILES string of the molecule is C=CC(=O)N(C)C1CN(c2nc(Nc3cn(C)nc3OC)c3ncn(C)c3n2)CC1F. The number of halogens is 1. The number of aryl methyl sites for hydroxylation is 2. The van der Waals surface area contributed by atoms with Gasteiger partial charge >= 0.3 is 0 Å². The Morgan fingerprint density at radius 2 is 2.16 bits per heavy atom. The molecule has 12 heteroatoms. The topological polar surface area (TPSA) is 106 Å². The van der Waals surface area contributed by atoms with Gasteiger partial charge in [-0.25, -0.2) is 9.37 Å². The highest BCUT2D eigenvalue weighted by atomic mass is 19.1. The van der Waals surface area contributed by atoms with Crippen LogP contribution < -0.4 is 15.0 Å². The van der Waals surface area contributed by atoms with Crippen LogP contribution in [0.1, 0.15) is 0 Å². The fourth-order valence-electron chi connectivity index (χ4n) is 3.64. The van der Waals surface area contributed by atoms with Crippen LogP contribution in [0.5, 0.6) is 5.88 Å². The lowest BCUT2D eigenvalue weighted by atomic mass is 10.2. The van der Waals surface area contributed by atoms with Crippen molar-refractivity contribution in [2.24, 2.45) is 14.1 Å². The number of ether oxygens (including phenoxy) is 1. The van der Waals surface area contributed by atoms with Crippen molar-refractivity contribution in [2.75, 3.05) is 37.5 Å². The van der Waals surface area contributed by atoms with Gasteiger partial charge in [0.1, 0.15) is 11.9 Å². The third-order valence-electron chi connectivity index (χ3n) is 5.31. The van der Waals surface area contributed by atoms with E-state index in [-0.39, 0.29) is 19.0 Å². The van der Waals surface area contributed by atoms with E-state index in [0.29, 0.717) is 34.5 Å². The fourth-order valence-corrected chi connectivity index (χ4v) is 3.64. The van der Waals surface area contributed by atoms with E-state index in [9.17, 15) is 9.18 Å². The third-order valence-corrected chi connectivity index (χ3v) is 5.31. The molecule has 2 atom stereocenters. The number of nitrogens with zero attached hydrogens (tertiary/aromatic N) is 8. The third kappa shape index (κ3) is 3.64. The molecule has 1 aliphatic heterocycles. The second kappa shape index (κ2) is 7.85. The first-order chi connectivity index (χ1) is 14.8. The average molecular weight is 429 g/mol. The fraction of sp³-hybridized carbons (Fsp3) is 0.421. The van der Waals surface area contributed by atoms with Gasteiger partial charge in [0.05, 0.1) is 32.2 Å². The van der Waals surface area contributed by atoms with Gasteiger partial charge in [-0.15, -0.1) is 5.10 Å². The zero-order valence-corrected chi connectivity index (χ0v) is 17.8. The molecule has 4 heterocycles. The number of amides is 1. The summed E-state index contributed by atoms with van der Waals surface area (Å²) in [6.07, 6.45) is 3.33. The highest BCUT2D eigenvalue weighted by Crippen LogP contribution is 2.31. The van der Waals surface area contributed by atoms with Crippen LogP contribution in [0, 0.1) is 0 Å². The summed E-state index contributed by atoms with van der Waals surface area (Å²) in [5, 5.41) is 7.44. The Bertz CT molecular complexity index is 1140. The first kappa shape index (κ1) is 20.6. The molecule has 0 aliphatic carbocycles. The van der Waals surface area contributed by atoms with Crippen LogP contribution in [0.15, 0.2) is 25.2 Å². The van der Waals surface area contributed by atoms with Crippen LogP contribution >= 0.6 is 0 Å². The van der Waals surface area contributed by atoms with Crippen molar-refractivity contribution in [3.05, 3.63) is 25.2 Å². The Labute approximate surface area is 178 Å². The van der Waals surface area contributed by atoms with Crippen molar-refractivity contribution < 1.29 is 13.9 Å². The molecular weight excluding hydrogens is 405 g/mol. The molecule has 1 aliphatic rings. The molecule has 2 unspecified atom stereocenters. The Morgan fingerprint density at radius 3 is 2.87 bits per heavy atom. The summed E-state index contributed by atoms with van der Waals surface area (Å²) < 4.78 is 23.5. The van der Waals surface area contributed by atoms with Gasteiger partial charge in [0, 0.05) is 27.7 Å². The molecule has 3 aromatic heterocycles. The quantitative estimate of drug-likeness (QED) is 0.579. The maximum absolute atomic E-state index is 14.8.